The fourth-order valence-electron chi connectivity index (χ4n) is 2.55. The van der Waals surface area contributed by atoms with Crippen LogP contribution >= 0.6 is 0 Å². The summed E-state index contributed by atoms with van der Waals surface area (Å²) in [7, 11) is 1.76. The van der Waals surface area contributed by atoms with Gasteiger partial charge in [0.2, 0.25) is 0 Å². The molecule has 1 rings (SSSR count). The van der Waals surface area contributed by atoms with E-state index in [0.29, 0.717) is 11.6 Å². The van der Waals surface area contributed by atoms with Gasteiger partial charge in [0, 0.05) is 35.9 Å². The molecule has 28 heavy (non-hydrogen) atoms. The summed E-state index contributed by atoms with van der Waals surface area (Å²) in [5, 5.41) is 3.35. The largest absolute Gasteiger partial charge is 0.398 e. The van der Waals surface area contributed by atoms with E-state index in [-0.39, 0.29) is 0 Å². The van der Waals surface area contributed by atoms with Crippen molar-refractivity contribution in [3.05, 3.63) is 77.7 Å². The van der Waals surface area contributed by atoms with Crippen LogP contribution in [0.5, 0.6) is 0 Å². The third-order valence-electron chi connectivity index (χ3n) is 4.47. The number of para-hydroxylation sites is 1. The second-order valence-electron chi connectivity index (χ2n) is 6.55. The number of nitrogens with zero attached hydrogens (tertiary/aromatic N) is 2. The quantitative estimate of drug-likeness (QED) is 0.337. The van der Waals surface area contributed by atoms with Crippen molar-refractivity contribution < 1.29 is 0 Å². The van der Waals surface area contributed by atoms with E-state index in [2.05, 4.69) is 35.2 Å². The Morgan fingerprint density at radius 1 is 1.18 bits per heavy atom. The fraction of sp³-hybridized carbons (Fsp3) is 0.333. The van der Waals surface area contributed by atoms with Gasteiger partial charge in [-0.2, -0.15) is 0 Å². The molecular weight excluding hydrogens is 344 g/mol. The van der Waals surface area contributed by atoms with Crippen molar-refractivity contribution in [2.75, 3.05) is 12.4 Å². The molecular formula is C24H34N4. The predicted octanol–water partition coefficient (Wildman–Crippen LogP) is 5.88. The number of aliphatic imine (C=N–C) groups is 2. The molecule has 0 heterocycles. The molecule has 4 heteroatoms. The van der Waals surface area contributed by atoms with Crippen molar-refractivity contribution in [1.82, 2.24) is 0 Å². The highest BCUT2D eigenvalue weighted by Crippen LogP contribution is 2.17. The lowest BCUT2D eigenvalue weighted by molar-refractivity contribution is 0.742. The Balaban J connectivity index is 3.36. The van der Waals surface area contributed by atoms with E-state index in [0.717, 1.165) is 34.8 Å². The number of hydrogen-bond donors (Lipinski definition) is 2. The van der Waals surface area contributed by atoms with Gasteiger partial charge in [0.25, 0.3) is 0 Å². The summed E-state index contributed by atoms with van der Waals surface area (Å²) in [5.41, 5.74) is 11.0. The van der Waals surface area contributed by atoms with Crippen LogP contribution in [0.25, 0.3) is 0 Å². The second-order valence-corrected chi connectivity index (χ2v) is 6.55. The van der Waals surface area contributed by atoms with E-state index in [1.165, 1.54) is 0 Å². The maximum Gasteiger partial charge on any atom is 0.130 e. The molecule has 1 aromatic carbocycles. The summed E-state index contributed by atoms with van der Waals surface area (Å²) in [5.74, 6) is 1.08. The van der Waals surface area contributed by atoms with E-state index < -0.39 is 0 Å². The van der Waals surface area contributed by atoms with Crippen LogP contribution in [0.2, 0.25) is 0 Å². The topological polar surface area (TPSA) is 62.8 Å². The standard InChI is InChI=1S/C24H34N4/c1-7-13-20(17-22(18(4)9-3)27-16-8-2)23(25)19(5)24(26-6)28-21-14-11-10-12-15-21/h7-8,10-18H,9,25H2,1-6H3,(H,26,28)/b13-7-,16-8-,20-17+,23-19?,27-22+. The number of amidine groups is 1. The average molecular weight is 379 g/mol. The minimum atomic E-state index is 0.339. The number of nitrogens with one attached hydrogen (secondary N) is 1. The molecule has 150 valence electrons. The smallest absolute Gasteiger partial charge is 0.130 e. The molecule has 0 radical (unpaired) electrons. The minimum Gasteiger partial charge on any atom is -0.398 e. The molecule has 0 aliphatic heterocycles. The van der Waals surface area contributed by atoms with E-state index in [1.54, 1.807) is 7.05 Å². The van der Waals surface area contributed by atoms with Gasteiger partial charge >= 0.3 is 0 Å². The summed E-state index contributed by atoms with van der Waals surface area (Å²) in [4.78, 5) is 9.01. The Labute approximate surface area is 170 Å². The molecule has 0 bridgehead atoms. The third-order valence-corrected chi connectivity index (χ3v) is 4.47. The molecule has 0 aromatic heterocycles. The zero-order valence-electron chi connectivity index (χ0n) is 18.0. The van der Waals surface area contributed by atoms with Crippen molar-refractivity contribution in [3.8, 4) is 0 Å². The zero-order chi connectivity index (χ0) is 20.9. The number of anilines is 1. The van der Waals surface area contributed by atoms with Crippen LogP contribution in [0.3, 0.4) is 0 Å². The van der Waals surface area contributed by atoms with Crippen molar-refractivity contribution in [3.63, 3.8) is 0 Å². The first kappa shape index (κ1) is 23.2. The Kier molecular flexibility index (Phi) is 10.3. The maximum absolute atomic E-state index is 6.56. The van der Waals surface area contributed by atoms with Crippen LogP contribution in [0, 0.1) is 5.92 Å². The molecule has 1 atom stereocenters. The lowest BCUT2D eigenvalue weighted by Gasteiger charge is -2.15. The van der Waals surface area contributed by atoms with Gasteiger partial charge in [-0.25, -0.2) is 0 Å². The van der Waals surface area contributed by atoms with Crippen LogP contribution in [0.4, 0.5) is 5.69 Å². The zero-order valence-corrected chi connectivity index (χ0v) is 18.0. The molecule has 0 aliphatic rings. The molecule has 3 N–H and O–H groups in total. The van der Waals surface area contributed by atoms with Crippen molar-refractivity contribution in [1.29, 1.82) is 0 Å². The first-order chi connectivity index (χ1) is 13.5. The van der Waals surface area contributed by atoms with Gasteiger partial charge in [-0.1, -0.05) is 50.3 Å². The van der Waals surface area contributed by atoms with Crippen molar-refractivity contribution in [2.24, 2.45) is 21.6 Å². The predicted molar refractivity (Wildman–Crippen MR) is 125 cm³/mol. The van der Waals surface area contributed by atoms with Crippen molar-refractivity contribution in [2.45, 2.75) is 41.0 Å². The van der Waals surface area contributed by atoms with E-state index in [9.17, 15) is 0 Å². The molecule has 1 aromatic rings. The summed E-state index contributed by atoms with van der Waals surface area (Å²) >= 11 is 0. The number of rotatable bonds is 8. The third kappa shape index (κ3) is 7.03. The molecule has 0 amide bonds. The van der Waals surface area contributed by atoms with E-state index >= 15 is 0 Å². The number of allylic oxidation sites excluding steroid dienone is 4. The van der Waals surface area contributed by atoms with Crippen LogP contribution < -0.4 is 11.1 Å². The van der Waals surface area contributed by atoms with Gasteiger partial charge in [0.1, 0.15) is 5.84 Å². The fourth-order valence-corrected chi connectivity index (χ4v) is 2.55. The highest BCUT2D eigenvalue weighted by Gasteiger charge is 2.12. The SMILES string of the molecule is C\C=C/N=C(\C=C(/C=C\C)C(N)=C(C)C(=NC)Nc1ccccc1)C(C)CC. The molecule has 1 unspecified atom stereocenters. The summed E-state index contributed by atoms with van der Waals surface area (Å²) in [6.45, 7) is 10.3. The van der Waals surface area contributed by atoms with Crippen LogP contribution in [0.1, 0.15) is 41.0 Å². The normalized spacial score (nSPS) is 15.9. The molecule has 4 nitrogen and oxygen atoms in total. The van der Waals surface area contributed by atoms with Crippen LogP contribution in [0.15, 0.2) is 87.7 Å². The van der Waals surface area contributed by atoms with Gasteiger partial charge in [0.05, 0.1) is 0 Å². The lowest BCUT2D eigenvalue weighted by Crippen LogP contribution is -2.19. The van der Waals surface area contributed by atoms with Gasteiger partial charge in [-0.15, -0.1) is 0 Å². The average Bonchev–Trinajstić information content (AvgIpc) is 2.73. The highest BCUT2D eigenvalue weighted by atomic mass is 15.0. The van der Waals surface area contributed by atoms with E-state index in [1.807, 2.05) is 75.5 Å². The lowest BCUT2D eigenvalue weighted by atomic mass is 9.97. The van der Waals surface area contributed by atoms with Crippen molar-refractivity contribution >= 4 is 17.2 Å². The molecule has 0 saturated carbocycles. The maximum atomic E-state index is 6.56. The van der Waals surface area contributed by atoms with Gasteiger partial charge in [-0.05, 0) is 56.9 Å². The number of nitrogens with two attached hydrogens (primary N) is 1. The summed E-state index contributed by atoms with van der Waals surface area (Å²) in [6.07, 6.45) is 10.8. The molecule has 0 saturated heterocycles. The first-order valence-corrected chi connectivity index (χ1v) is 9.77. The first-order valence-electron chi connectivity index (χ1n) is 9.77. The minimum absolute atomic E-state index is 0.339. The van der Waals surface area contributed by atoms with Crippen LogP contribution in [-0.4, -0.2) is 18.6 Å². The highest BCUT2D eigenvalue weighted by molar-refractivity contribution is 6.08. The summed E-state index contributed by atoms with van der Waals surface area (Å²) in [6, 6.07) is 9.96. The Bertz CT molecular complexity index is 793. The summed E-state index contributed by atoms with van der Waals surface area (Å²) < 4.78 is 0. The van der Waals surface area contributed by atoms with Gasteiger partial charge in [0.15, 0.2) is 0 Å². The van der Waals surface area contributed by atoms with Crippen LogP contribution in [-0.2, 0) is 0 Å². The Morgan fingerprint density at radius 3 is 2.39 bits per heavy atom. The monoisotopic (exact) mass is 378 g/mol. The number of benzene rings is 1. The Hall–Kier alpha value is -2.88. The number of hydrogen-bond acceptors (Lipinski definition) is 3. The van der Waals surface area contributed by atoms with E-state index in [4.69, 9.17) is 5.73 Å². The molecule has 0 spiro atoms. The van der Waals surface area contributed by atoms with Gasteiger partial charge < -0.3 is 11.1 Å². The molecule has 0 aliphatic carbocycles. The Morgan fingerprint density at radius 2 is 1.86 bits per heavy atom. The second kappa shape index (κ2) is 12.5. The molecule has 0 fully saturated rings. The van der Waals surface area contributed by atoms with Gasteiger partial charge in [-0.3, -0.25) is 9.98 Å².